The summed E-state index contributed by atoms with van der Waals surface area (Å²) in [5.74, 6) is 0.414. The molecular formula is C18H22Cl2FN3O. The number of rotatable bonds is 5. The van der Waals surface area contributed by atoms with Gasteiger partial charge in [-0.1, -0.05) is 0 Å². The number of nitrogens with one attached hydrogen (secondary N) is 1. The molecule has 1 amide bonds. The molecule has 2 aliphatic rings. The summed E-state index contributed by atoms with van der Waals surface area (Å²) < 4.78 is 13.6. The molecule has 2 aliphatic carbocycles. The SMILES string of the molecule is Cl.Cl.NC(CNC(=O)c1cc(C2CC2)nc2ccc(F)cc12)C1CC1. The van der Waals surface area contributed by atoms with Crippen LogP contribution in [0.2, 0.25) is 0 Å². The van der Waals surface area contributed by atoms with Crippen LogP contribution in [0.15, 0.2) is 24.3 Å². The van der Waals surface area contributed by atoms with Crippen LogP contribution in [0.1, 0.15) is 47.7 Å². The van der Waals surface area contributed by atoms with Crippen molar-refractivity contribution in [2.45, 2.75) is 37.6 Å². The fraction of sp³-hybridized carbons (Fsp3) is 0.444. The molecule has 0 aliphatic heterocycles. The zero-order valence-electron chi connectivity index (χ0n) is 13.7. The molecule has 1 atom stereocenters. The summed E-state index contributed by atoms with van der Waals surface area (Å²) in [6.45, 7) is 0.460. The van der Waals surface area contributed by atoms with E-state index in [1.807, 2.05) is 6.07 Å². The number of hydrogen-bond acceptors (Lipinski definition) is 3. The van der Waals surface area contributed by atoms with Crippen molar-refractivity contribution in [1.29, 1.82) is 0 Å². The van der Waals surface area contributed by atoms with Gasteiger partial charge in [0.15, 0.2) is 0 Å². The van der Waals surface area contributed by atoms with Gasteiger partial charge in [-0.2, -0.15) is 0 Å². The fourth-order valence-corrected chi connectivity index (χ4v) is 2.99. The largest absolute Gasteiger partial charge is 0.350 e. The van der Waals surface area contributed by atoms with Crippen molar-refractivity contribution in [2.75, 3.05) is 6.54 Å². The second-order valence-electron chi connectivity index (χ2n) is 6.74. The van der Waals surface area contributed by atoms with E-state index in [9.17, 15) is 9.18 Å². The first-order valence-corrected chi connectivity index (χ1v) is 8.26. The van der Waals surface area contributed by atoms with Crippen LogP contribution in [0, 0.1) is 11.7 Å². The average Bonchev–Trinajstić information content (AvgIpc) is 3.41. The molecule has 0 radical (unpaired) electrons. The maximum Gasteiger partial charge on any atom is 0.252 e. The van der Waals surface area contributed by atoms with Crippen molar-refractivity contribution in [3.8, 4) is 0 Å². The Kier molecular flexibility index (Phi) is 6.25. The molecule has 0 spiro atoms. The van der Waals surface area contributed by atoms with Crippen molar-refractivity contribution in [3.63, 3.8) is 0 Å². The third-order valence-corrected chi connectivity index (χ3v) is 4.76. The van der Waals surface area contributed by atoms with Crippen LogP contribution in [0.3, 0.4) is 0 Å². The van der Waals surface area contributed by atoms with E-state index in [1.165, 1.54) is 12.1 Å². The van der Waals surface area contributed by atoms with Gasteiger partial charge in [0.25, 0.3) is 5.91 Å². The third kappa shape index (κ3) is 4.40. The Morgan fingerprint density at radius 2 is 1.96 bits per heavy atom. The number of aromatic nitrogens is 1. The van der Waals surface area contributed by atoms with Crippen LogP contribution in [0.5, 0.6) is 0 Å². The van der Waals surface area contributed by atoms with Crippen LogP contribution >= 0.6 is 24.8 Å². The van der Waals surface area contributed by atoms with E-state index < -0.39 is 0 Å². The first-order valence-electron chi connectivity index (χ1n) is 8.26. The second kappa shape index (κ2) is 7.85. The molecule has 2 aromatic rings. The number of hydrogen-bond donors (Lipinski definition) is 2. The number of carbonyl (C=O) groups excluding carboxylic acids is 1. The van der Waals surface area contributed by atoms with E-state index in [4.69, 9.17) is 5.73 Å². The molecule has 136 valence electrons. The number of fused-ring (bicyclic) bond motifs is 1. The lowest BCUT2D eigenvalue weighted by atomic mass is 10.0. The minimum atomic E-state index is -0.359. The highest BCUT2D eigenvalue weighted by Crippen LogP contribution is 2.40. The first-order chi connectivity index (χ1) is 11.1. The molecule has 2 saturated carbocycles. The van der Waals surface area contributed by atoms with Crippen LogP contribution in [-0.2, 0) is 0 Å². The van der Waals surface area contributed by atoms with Crippen LogP contribution in [-0.4, -0.2) is 23.5 Å². The number of amides is 1. The topological polar surface area (TPSA) is 68.0 Å². The molecule has 1 heterocycles. The van der Waals surface area contributed by atoms with Gasteiger partial charge in [0, 0.05) is 29.6 Å². The Bertz CT molecular complexity index is 778. The maximum atomic E-state index is 13.6. The van der Waals surface area contributed by atoms with Gasteiger partial charge >= 0.3 is 0 Å². The van der Waals surface area contributed by atoms with Gasteiger partial charge < -0.3 is 11.1 Å². The maximum absolute atomic E-state index is 13.6. The summed E-state index contributed by atoms with van der Waals surface area (Å²) in [5, 5.41) is 3.47. The number of nitrogens with two attached hydrogens (primary N) is 1. The van der Waals surface area contributed by atoms with Crippen molar-refractivity contribution in [1.82, 2.24) is 10.3 Å². The van der Waals surface area contributed by atoms with E-state index in [0.717, 1.165) is 31.4 Å². The highest BCUT2D eigenvalue weighted by Gasteiger charge is 2.29. The van der Waals surface area contributed by atoms with Crippen LogP contribution in [0.25, 0.3) is 10.9 Å². The third-order valence-electron chi connectivity index (χ3n) is 4.76. The molecule has 2 fully saturated rings. The second-order valence-corrected chi connectivity index (χ2v) is 6.74. The molecular weight excluding hydrogens is 364 g/mol. The van der Waals surface area contributed by atoms with Gasteiger partial charge in [-0.25, -0.2) is 4.39 Å². The number of pyridine rings is 1. The molecule has 7 heteroatoms. The van der Waals surface area contributed by atoms with Crippen molar-refractivity contribution < 1.29 is 9.18 Å². The van der Waals surface area contributed by atoms with Gasteiger partial charge in [0.2, 0.25) is 0 Å². The number of halogens is 3. The summed E-state index contributed by atoms with van der Waals surface area (Å²) >= 11 is 0. The standard InChI is InChI=1S/C18H20FN3O.2ClH/c19-12-5-6-16-13(7-12)14(8-17(22-16)11-3-4-11)18(23)21-9-15(20)10-1-2-10;;/h5-8,10-11,15H,1-4,9,20H2,(H,21,23);2*1H. The van der Waals surface area contributed by atoms with Gasteiger partial charge in [-0.05, 0) is 55.9 Å². The quantitative estimate of drug-likeness (QED) is 0.826. The lowest BCUT2D eigenvalue weighted by Crippen LogP contribution is -2.38. The average molecular weight is 386 g/mol. The van der Waals surface area contributed by atoms with Crippen molar-refractivity contribution in [2.24, 2.45) is 11.7 Å². The Hall–Kier alpha value is -1.43. The predicted molar refractivity (Wildman–Crippen MR) is 101 cm³/mol. The first kappa shape index (κ1) is 19.9. The van der Waals surface area contributed by atoms with Crippen LogP contribution in [0.4, 0.5) is 4.39 Å². The molecule has 1 aromatic carbocycles. The minimum Gasteiger partial charge on any atom is -0.350 e. The monoisotopic (exact) mass is 385 g/mol. The smallest absolute Gasteiger partial charge is 0.252 e. The van der Waals surface area contributed by atoms with E-state index in [2.05, 4.69) is 10.3 Å². The normalized spacial score (nSPS) is 17.4. The Morgan fingerprint density at radius 1 is 1.24 bits per heavy atom. The number of benzene rings is 1. The predicted octanol–water partition coefficient (Wildman–Crippen LogP) is 3.56. The minimum absolute atomic E-state index is 0. The van der Waals surface area contributed by atoms with Gasteiger partial charge in [-0.3, -0.25) is 9.78 Å². The molecule has 0 bridgehead atoms. The molecule has 1 unspecified atom stereocenters. The Balaban J connectivity index is 0.00000113. The van der Waals surface area contributed by atoms with Gasteiger partial charge in [0.1, 0.15) is 5.82 Å². The van der Waals surface area contributed by atoms with E-state index in [0.29, 0.717) is 34.8 Å². The number of nitrogens with zero attached hydrogens (tertiary/aromatic N) is 1. The highest BCUT2D eigenvalue weighted by molar-refractivity contribution is 6.06. The Labute approximate surface area is 158 Å². The molecule has 4 rings (SSSR count). The highest BCUT2D eigenvalue weighted by atomic mass is 35.5. The van der Waals surface area contributed by atoms with Gasteiger partial charge in [0.05, 0.1) is 11.1 Å². The Morgan fingerprint density at radius 3 is 2.60 bits per heavy atom. The molecule has 4 nitrogen and oxygen atoms in total. The van der Waals surface area contributed by atoms with E-state index in [-0.39, 0.29) is 42.6 Å². The fourth-order valence-electron chi connectivity index (χ4n) is 2.99. The number of carbonyl (C=O) groups is 1. The summed E-state index contributed by atoms with van der Waals surface area (Å²) in [6, 6.07) is 6.23. The summed E-state index contributed by atoms with van der Waals surface area (Å²) in [6.07, 6.45) is 4.50. The van der Waals surface area contributed by atoms with Crippen molar-refractivity contribution >= 4 is 41.6 Å². The van der Waals surface area contributed by atoms with E-state index >= 15 is 0 Å². The lowest BCUT2D eigenvalue weighted by molar-refractivity contribution is 0.0952. The van der Waals surface area contributed by atoms with E-state index in [1.54, 1.807) is 6.07 Å². The molecule has 0 saturated heterocycles. The van der Waals surface area contributed by atoms with Gasteiger partial charge in [-0.15, -0.1) is 24.8 Å². The molecule has 1 aromatic heterocycles. The summed E-state index contributed by atoms with van der Waals surface area (Å²) in [4.78, 5) is 17.2. The molecule has 3 N–H and O–H groups in total. The van der Waals surface area contributed by atoms with Crippen LogP contribution < -0.4 is 11.1 Å². The van der Waals surface area contributed by atoms with Crippen molar-refractivity contribution in [3.05, 3.63) is 41.3 Å². The zero-order valence-corrected chi connectivity index (χ0v) is 15.3. The lowest BCUT2D eigenvalue weighted by Gasteiger charge is -2.13. The molecule has 25 heavy (non-hydrogen) atoms. The summed E-state index contributed by atoms with van der Waals surface area (Å²) in [5.41, 5.74) is 8.15. The zero-order chi connectivity index (χ0) is 16.0. The summed E-state index contributed by atoms with van der Waals surface area (Å²) in [7, 11) is 0.